The van der Waals surface area contributed by atoms with Crippen LogP contribution in [0.4, 0.5) is 14.3 Å². The second kappa shape index (κ2) is 8.83. The molecule has 1 atom stereocenters. The molecule has 4 aromatic rings. The molecule has 9 heteroatoms. The number of nitrogens with one attached hydrogen (secondary N) is 1. The standard InChI is InChI=1S/C26H23FN2O5S/c1-26(2,3)34-25(31)29-24-28-22-18(15-6-9-19-20(11-15)33-13-32-19)10-16(12-21(22)35-24)23(30)14-4-7-17(27)8-5-14/h4-12,23,30H,13H2,1-3H3,(H,28,29,31). The van der Waals surface area contributed by atoms with E-state index in [0.29, 0.717) is 33.3 Å². The zero-order valence-electron chi connectivity index (χ0n) is 19.3. The van der Waals surface area contributed by atoms with Crippen molar-refractivity contribution in [1.82, 2.24) is 4.98 Å². The second-order valence-corrected chi connectivity index (χ2v) is 10.1. The minimum absolute atomic E-state index is 0.151. The summed E-state index contributed by atoms with van der Waals surface area (Å²) in [5, 5.41) is 14.1. The van der Waals surface area contributed by atoms with Gasteiger partial charge in [0.05, 0.1) is 10.2 Å². The van der Waals surface area contributed by atoms with Crippen LogP contribution in [0.2, 0.25) is 0 Å². The van der Waals surface area contributed by atoms with Gasteiger partial charge in [-0.1, -0.05) is 29.5 Å². The number of aliphatic hydroxyl groups is 1. The van der Waals surface area contributed by atoms with E-state index in [4.69, 9.17) is 14.2 Å². The summed E-state index contributed by atoms with van der Waals surface area (Å²) in [6.45, 7) is 5.50. The Morgan fingerprint density at radius 2 is 1.83 bits per heavy atom. The number of nitrogens with zero attached hydrogens (tertiary/aromatic N) is 1. The third-order valence-corrected chi connectivity index (χ3v) is 6.23. The number of hydrogen-bond donors (Lipinski definition) is 2. The highest BCUT2D eigenvalue weighted by molar-refractivity contribution is 7.22. The maximum absolute atomic E-state index is 13.4. The van der Waals surface area contributed by atoms with Gasteiger partial charge in [0.25, 0.3) is 0 Å². The van der Waals surface area contributed by atoms with Crippen molar-refractivity contribution in [3.05, 3.63) is 71.5 Å². The van der Waals surface area contributed by atoms with Crippen LogP contribution < -0.4 is 14.8 Å². The van der Waals surface area contributed by atoms with Crippen LogP contribution >= 0.6 is 11.3 Å². The fourth-order valence-electron chi connectivity index (χ4n) is 3.77. The summed E-state index contributed by atoms with van der Waals surface area (Å²) >= 11 is 1.26. The highest BCUT2D eigenvalue weighted by Gasteiger charge is 2.22. The van der Waals surface area contributed by atoms with Crippen LogP contribution in [0, 0.1) is 5.82 Å². The molecule has 0 aliphatic carbocycles. The average molecular weight is 495 g/mol. The van der Waals surface area contributed by atoms with Crippen LogP contribution in [0.3, 0.4) is 0 Å². The maximum Gasteiger partial charge on any atom is 0.413 e. The minimum Gasteiger partial charge on any atom is -0.454 e. The quantitative estimate of drug-likeness (QED) is 0.348. The lowest BCUT2D eigenvalue weighted by molar-refractivity contribution is 0.0636. The third-order valence-electron chi connectivity index (χ3n) is 5.31. The number of anilines is 1. The highest BCUT2D eigenvalue weighted by atomic mass is 32.1. The highest BCUT2D eigenvalue weighted by Crippen LogP contribution is 2.41. The largest absolute Gasteiger partial charge is 0.454 e. The number of ether oxygens (including phenoxy) is 3. The first-order chi connectivity index (χ1) is 16.7. The molecule has 0 saturated heterocycles. The number of thiazole rings is 1. The molecule has 0 bridgehead atoms. The molecule has 3 aromatic carbocycles. The summed E-state index contributed by atoms with van der Waals surface area (Å²) in [4.78, 5) is 16.9. The number of rotatable bonds is 4. The van der Waals surface area contributed by atoms with E-state index < -0.39 is 17.8 Å². The molecule has 0 fully saturated rings. The fraction of sp³-hybridized carbons (Fsp3) is 0.231. The number of amides is 1. The number of aromatic nitrogens is 1. The van der Waals surface area contributed by atoms with Crippen LogP contribution in [0.5, 0.6) is 11.5 Å². The maximum atomic E-state index is 13.4. The van der Waals surface area contributed by atoms with Crippen LogP contribution in [-0.4, -0.2) is 28.6 Å². The van der Waals surface area contributed by atoms with E-state index in [1.807, 2.05) is 30.3 Å². The Kier molecular flexibility index (Phi) is 5.82. The van der Waals surface area contributed by atoms with E-state index in [1.165, 1.54) is 23.5 Å². The predicted molar refractivity (Wildman–Crippen MR) is 131 cm³/mol. The van der Waals surface area contributed by atoms with Crippen molar-refractivity contribution in [1.29, 1.82) is 0 Å². The Balaban J connectivity index is 1.59. The number of fused-ring (bicyclic) bond motifs is 2. The van der Waals surface area contributed by atoms with Crippen LogP contribution in [0.15, 0.2) is 54.6 Å². The Morgan fingerprint density at radius 3 is 2.57 bits per heavy atom. The molecule has 35 heavy (non-hydrogen) atoms. The van der Waals surface area contributed by atoms with Gasteiger partial charge in [-0.25, -0.2) is 14.2 Å². The van der Waals surface area contributed by atoms with E-state index in [9.17, 15) is 14.3 Å². The number of carbonyl (C=O) groups is 1. The van der Waals surface area contributed by atoms with E-state index >= 15 is 0 Å². The van der Waals surface area contributed by atoms with Crippen molar-refractivity contribution in [2.24, 2.45) is 0 Å². The van der Waals surface area contributed by atoms with E-state index in [1.54, 1.807) is 32.9 Å². The molecule has 1 aliphatic heterocycles. The van der Waals surface area contributed by atoms with Gasteiger partial charge < -0.3 is 19.3 Å². The fourth-order valence-corrected chi connectivity index (χ4v) is 4.70. The zero-order valence-corrected chi connectivity index (χ0v) is 20.1. The molecular weight excluding hydrogens is 471 g/mol. The van der Waals surface area contributed by atoms with E-state index in [0.717, 1.165) is 15.8 Å². The number of carbonyl (C=O) groups excluding carboxylic acids is 1. The van der Waals surface area contributed by atoms with E-state index in [-0.39, 0.29) is 12.6 Å². The lowest BCUT2D eigenvalue weighted by Gasteiger charge is -2.18. The Hall–Kier alpha value is -3.69. The summed E-state index contributed by atoms with van der Waals surface area (Å²) in [5.41, 5.74) is 2.70. The molecule has 5 rings (SSSR count). The van der Waals surface area contributed by atoms with Gasteiger partial charge in [0.15, 0.2) is 16.6 Å². The molecule has 0 radical (unpaired) electrons. The zero-order chi connectivity index (χ0) is 24.7. The Bertz CT molecular complexity index is 1410. The van der Waals surface area contributed by atoms with Gasteiger partial charge >= 0.3 is 6.09 Å². The van der Waals surface area contributed by atoms with Crippen molar-refractivity contribution < 1.29 is 28.5 Å². The number of hydrogen-bond acceptors (Lipinski definition) is 7. The van der Waals surface area contributed by atoms with Gasteiger partial charge in [-0.3, -0.25) is 5.32 Å². The molecule has 1 amide bonds. The van der Waals surface area contributed by atoms with Crippen molar-refractivity contribution in [2.45, 2.75) is 32.5 Å². The third kappa shape index (κ3) is 4.91. The van der Waals surface area contributed by atoms with Gasteiger partial charge in [-0.05, 0) is 73.9 Å². The van der Waals surface area contributed by atoms with E-state index in [2.05, 4.69) is 10.3 Å². The van der Waals surface area contributed by atoms with Crippen LogP contribution in [0.25, 0.3) is 21.3 Å². The van der Waals surface area contributed by atoms with Crippen molar-refractivity contribution >= 4 is 32.8 Å². The van der Waals surface area contributed by atoms with Gasteiger partial charge in [0.1, 0.15) is 17.5 Å². The topological polar surface area (TPSA) is 89.9 Å². The number of aliphatic hydroxyl groups excluding tert-OH is 1. The predicted octanol–water partition coefficient (Wildman–Crippen LogP) is 6.26. The first kappa shape index (κ1) is 23.1. The molecule has 0 saturated carbocycles. The summed E-state index contributed by atoms with van der Waals surface area (Å²) in [5.74, 6) is 0.887. The number of halogens is 1. The summed E-state index contributed by atoms with van der Waals surface area (Å²) in [6.07, 6.45) is -1.59. The van der Waals surface area contributed by atoms with Crippen molar-refractivity contribution in [3.8, 4) is 22.6 Å². The molecule has 1 aromatic heterocycles. The van der Waals surface area contributed by atoms with Gasteiger partial charge in [-0.15, -0.1) is 0 Å². The Morgan fingerprint density at radius 1 is 1.09 bits per heavy atom. The number of benzene rings is 3. The van der Waals surface area contributed by atoms with Gasteiger partial charge in [-0.2, -0.15) is 0 Å². The normalized spacial score (nSPS) is 13.6. The SMILES string of the molecule is CC(C)(C)OC(=O)Nc1nc2c(-c3ccc4c(c3)OCO4)cc(C(O)c3ccc(F)cc3)cc2s1. The smallest absolute Gasteiger partial charge is 0.413 e. The monoisotopic (exact) mass is 494 g/mol. The molecule has 7 nitrogen and oxygen atoms in total. The molecule has 1 unspecified atom stereocenters. The lowest BCUT2D eigenvalue weighted by Crippen LogP contribution is -2.27. The van der Waals surface area contributed by atoms with Crippen LogP contribution in [-0.2, 0) is 4.74 Å². The van der Waals surface area contributed by atoms with Crippen LogP contribution in [0.1, 0.15) is 38.0 Å². The van der Waals surface area contributed by atoms with Gasteiger partial charge in [0.2, 0.25) is 6.79 Å². The first-order valence-corrected chi connectivity index (χ1v) is 11.8. The van der Waals surface area contributed by atoms with Crippen molar-refractivity contribution in [2.75, 3.05) is 12.1 Å². The summed E-state index contributed by atoms with van der Waals surface area (Å²) < 4.78 is 30.5. The van der Waals surface area contributed by atoms with Crippen molar-refractivity contribution in [3.63, 3.8) is 0 Å². The summed E-state index contributed by atoms with van der Waals surface area (Å²) in [6, 6.07) is 14.9. The molecule has 2 heterocycles. The molecule has 180 valence electrons. The minimum atomic E-state index is -0.989. The average Bonchev–Trinajstić information content (AvgIpc) is 3.42. The first-order valence-electron chi connectivity index (χ1n) is 10.9. The lowest BCUT2D eigenvalue weighted by atomic mass is 9.96. The molecule has 0 spiro atoms. The Labute approximate surface area is 205 Å². The summed E-state index contributed by atoms with van der Waals surface area (Å²) in [7, 11) is 0. The van der Waals surface area contributed by atoms with Gasteiger partial charge in [0, 0.05) is 5.56 Å². The second-order valence-electron chi connectivity index (χ2n) is 9.08. The molecule has 2 N–H and O–H groups in total. The molecule has 1 aliphatic rings. The molecular formula is C26H23FN2O5S.